The Labute approximate surface area is 139 Å². The van der Waals surface area contributed by atoms with E-state index in [1.54, 1.807) is 11.8 Å². The smallest absolute Gasteiger partial charge is 0.161 e. The van der Waals surface area contributed by atoms with Crippen LogP contribution in [0, 0.1) is 0 Å². The summed E-state index contributed by atoms with van der Waals surface area (Å²) in [7, 11) is 0. The molecule has 0 aliphatic carbocycles. The molecule has 0 radical (unpaired) electrons. The Bertz CT molecular complexity index is 572. The summed E-state index contributed by atoms with van der Waals surface area (Å²) in [6.45, 7) is 5.07. The zero-order valence-electron chi connectivity index (χ0n) is 12.6. The lowest BCUT2D eigenvalue weighted by atomic mass is 10.2. The van der Waals surface area contributed by atoms with Gasteiger partial charge in [-0.25, -0.2) is 9.97 Å². The monoisotopic (exact) mass is 365 g/mol. The topological polar surface area (TPSA) is 37.8 Å². The fourth-order valence-corrected chi connectivity index (χ4v) is 2.97. The van der Waals surface area contributed by atoms with E-state index in [1.807, 2.05) is 0 Å². The number of nitrogens with zero attached hydrogens (tertiary/aromatic N) is 2. The molecular formula is C16H20BrN3S. The minimum Gasteiger partial charge on any atom is -0.369 e. The van der Waals surface area contributed by atoms with E-state index in [-0.39, 0.29) is 0 Å². The fourth-order valence-electron chi connectivity index (χ4n) is 2.05. The molecule has 5 heteroatoms. The SMILES string of the molecule is CCCc1nc(-c2ccc(SC)cc2)nc(NCC)c1Br. The van der Waals surface area contributed by atoms with Gasteiger partial charge in [0.1, 0.15) is 5.82 Å². The summed E-state index contributed by atoms with van der Waals surface area (Å²) < 4.78 is 0.982. The van der Waals surface area contributed by atoms with Crippen molar-refractivity contribution < 1.29 is 0 Å². The Morgan fingerprint density at radius 1 is 1.14 bits per heavy atom. The normalized spacial score (nSPS) is 10.7. The van der Waals surface area contributed by atoms with Crippen molar-refractivity contribution >= 4 is 33.5 Å². The van der Waals surface area contributed by atoms with Crippen molar-refractivity contribution in [2.24, 2.45) is 0 Å². The zero-order chi connectivity index (χ0) is 15.2. The van der Waals surface area contributed by atoms with E-state index >= 15 is 0 Å². The Hall–Kier alpha value is -1.07. The van der Waals surface area contributed by atoms with Gasteiger partial charge in [-0.15, -0.1) is 11.8 Å². The summed E-state index contributed by atoms with van der Waals surface area (Å²) in [5, 5.41) is 3.31. The summed E-state index contributed by atoms with van der Waals surface area (Å²) in [6, 6.07) is 8.39. The third-order valence-corrected chi connectivity index (χ3v) is 4.68. The largest absolute Gasteiger partial charge is 0.369 e. The predicted octanol–water partition coefficient (Wildman–Crippen LogP) is 5.01. The summed E-state index contributed by atoms with van der Waals surface area (Å²) in [5.74, 6) is 1.66. The van der Waals surface area contributed by atoms with Crippen LogP contribution in [0.15, 0.2) is 33.6 Å². The molecular weight excluding hydrogens is 346 g/mol. The zero-order valence-corrected chi connectivity index (χ0v) is 15.0. The molecule has 0 unspecified atom stereocenters. The number of hydrogen-bond acceptors (Lipinski definition) is 4. The molecule has 1 heterocycles. The van der Waals surface area contributed by atoms with E-state index < -0.39 is 0 Å². The highest BCUT2D eigenvalue weighted by Crippen LogP contribution is 2.28. The number of anilines is 1. The summed E-state index contributed by atoms with van der Waals surface area (Å²) >= 11 is 5.36. The molecule has 0 bridgehead atoms. The molecule has 21 heavy (non-hydrogen) atoms. The van der Waals surface area contributed by atoms with Crippen LogP contribution < -0.4 is 5.32 Å². The van der Waals surface area contributed by atoms with Crippen molar-refractivity contribution in [3.63, 3.8) is 0 Å². The minimum atomic E-state index is 0.783. The number of aromatic nitrogens is 2. The Morgan fingerprint density at radius 2 is 1.86 bits per heavy atom. The van der Waals surface area contributed by atoms with Crippen LogP contribution in [-0.4, -0.2) is 22.8 Å². The van der Waals surface area contributed by atoms with Crippen LogP contribution in [-0.2, 0) is 6.42 Å². The Morgan fingerprint density at radius 3 is 2.43 bits per heavy atom. The van der Waals surface area contributed by atoms with E-state index in [1.165, 1.54) is 4.90 Å². The van der Waals surface area contributed by atoms with Crippen LogP contribution in [0.3, 0.4) is 0 Å². The number of aryl methyl sites for hydroxylation is 1. The number of thioether (sulfide) groups is 1. The summed E-state index contributed by atoms with van der Waals surface area (Å²) in [6.07, 6.45) is 4.08. The standard InChI is InChI=1S/C16H20BrN3S/c1-4-6-13-14(17)16(18-5-2)20-15(19-13)11-7-9-12(21-3)10-8-11/h7-10H,4-6H2,1-3H3,(H,18,19,20). The van der Waals surface area contributed by atoms with Gasteiger partial charge in [0.25, 0.3) is 0 Å². The van der Waals surface area contributed by atoms with Crippen LogP contribution in [0.2, 0.25) is 0 Å². The highest BCUT2D eigenvalue weighted by molar-refractivity contribution is 9.10. The third kappa shape index (κ3) is 3.98. The van der Waals surface area contributed by atoms with E-state index in [4.69, 9.17) is 4.98 Å². The van der Waals surface area contributed by atoms with Gasteiger partial charge in [0.05, 0.1) is 10.2 Å². The van der Waals surface area contributed by atoms with Crippen LogP contribution in [0.4, 0.5) is 5.82 Å². The third-order valence-electron chi connectivity index (χ3n) is 3.10. The predicted molar refractivity (Wildman–Crippen MR) is 95.1 cm³/mol. The first-order valence-electron chi connectivity index (χ1n) is 7.14. The van der Waals surface area contributed by atoms with Crippen molar-refractivity contribution in [2.75, 3.05) is 18.1 Å². The average Bonchev–Trinajstić information content (AvgIpc) is 2.51. The van der Waals surface area contributed by atoms with Gasteiger partial charge in [-0.05, 0) is 47.7 Å². The molecule has 2 rings (SSSR count). The molecule has 0 aliphatic heterocycles. The molecule has 3 nitrogen and oxygen atoms in total. The lowest BCUT2D eigenvalue weighted by Crippen LogP contribution is -2.06. The van der Waals surface area contributed by atoms with Crippen molar-refractivity contribution in [1.82, 2.24) is 9.97 Å². The highest BCUT2D eigenvalue weighted by atomic mass is 79.9. The van der Waals surface area contributed by atoms with Gasteiger partial charge in [0.15, 0.2) is 5.82 Å². The van der Waals surface area contributed by atoms with E-state index in [0.717, 1.165) is 46.8 Å². The van der Waals surface area contributed by atoms with Crippen LogP contribution in [0.1, 0.15) is 26.0 Å². The molecule has 0 fully saturated rings. The van der Waals surface area contributed by atoms with Gasteiger partial charge >= 0.3 is 0 Å². The number of halogens is 1. The van der Waals surface area contributed by atoms with Crippen molar-refractivity contribution in [3.05, 3.63) is 34.4 Å². The van der Waals surface area contributed by atoms with Gasteiger partial charge in [0, 0.05) is 17.0 Å². The van der Waals surface area contributed by atoms with Gasteiger partial charge in [0.2, 0.25) is 0 Å². The molecule has 0 saturated heterocycles. The molecule has 1 N–H and O–H groups in total. The lowest BCUT2D eigenvalue weighted by molar-refractivity contribution is 0.867. The summed E-state index contributed by atoms with van der Waals surface area (Å²) in [5.41, 5.74) is 2.11. The Balaban J connectivity index is 2.45. The van der Waals surface area contributed by atoms with Gasteiger partial charge < -0.3 is 5.32 Å². The fraction of sp³-hybridized carbons (Fsp3) is 0.375. The molecule has 0 saturated carbocycles. The van der Waals surface area contributed by atoms with Crippen LogP contribution >= 0.6 is 27.7 Å². The molecule has 1 aromatic carbocycles. The maximum Gasteiger partial charge on any atom is 0.161 e. The summed E-state index contributed by atoms with van der Waals surface area (Å²) in [4.78, 5) is 10.6. The van der Waals surface area contributed by atoms with Gasteiger partial charge in [-0.3, -0.25) is 0 Å². The van der Waals surface area contributed by atoms with Crippen LogP contribution in [0.5, 0.6) is 0 Å². The number of benzene rings is 1. The first kappa shape index (κ1) is 16.3. The molecule has 112 valence electrons. The van der Waals surface area contributed by atoms with Gasteiger partial charge in [-0.2, -0.15) is 0 Å². The molecule has 2 aromatic rings. The van der Waals surface area contributed by atoms with Crippen molar-refractivity contribution in [1.29, 1.82) is 0 Å². The molecule has 0 spiro atoms. The average molecular weight is 366 g/mol. The van der Waals surface area contributed by atoms with Crippen molar-refractivity contribution in [3.8, 4) is 11.4 Å². The van der Waals surface area contributed by atoms with Crippen LogP contribution in [0.25, 0.3) is 11.4 Å². The minimum absolute atomic E-state index is 0.783. The van der Waals surface area contributed by atoms with E-state index in [2.05, 4.69) is 70.6 Å². The van der Waals surface area contributed by atoms with Gasteiger partial charge in [-0.1, -0.05) is 25.5 Å². The number of hydrogen-bond donors (Lipinski definition) is 1. The Kier molecular flexibility index (Phi) is 6.06. The maximum absolute atomic E-state index is 4.73. The molecule has 0 aliphatic rings. The number of rotatable bonds is 6. The van der Waals surface area contributed by atoms with Crippen molar-refractivity contribution in [2.45, 2.75) is 31.6 Å². The lowest BCUT2D eigenvalue weighted by Gasteiger charge is -2.12. The number of nitrogens with one attached hydrogen (secondary N) is 1. The maximum atomic E-state index is 4.73. The quantitative estimate of drug-likeness (QED) is 0.729. The molecule has 0 amide bonds. The van der Waals surface area contributed by atoms with E-state index in [0.29, 0.717) is 0 Å². The second kappa shape index (κ2) is 7.80. The van der Waals surface area contributed by atoms with E-state index in [9.17, 15) is 0 Å². The second-order valence-corrected chi connectivity index (χ2v) is 6.34. The molecule has 0 atom stereocenters. The highest BCUT2D eigenvalue weighted by Gasteiger charge is 2.12. The second-order valence-electron chi connectivity index (χ2n) is 4.67. The first-order valence-corrected chi connectivity index (χ1v) is 9.16. The molecule has 1 aromatic heterocycles. The first-order chi connectivity index (χ1) is 10.2.